The monoisotopic (exact) mass is 262 g/mol. The molecule has 2 N–H and O–H groups in total. The van der Waals surface area contributed by atoms with E-state index in [2.05, 4.69) is 5.10 Å². The van der Waals surface area contributed by atoms with Gasteiger partial charge in [-0.15, -0.1) is 0 Å². The molecule has 0 spiro atoms. The SMILES string of the molecule is CCCC(O)C(O)c1c(Cl)cnn1CCOC. The molecule has 17 heavy (non-hydrogen) atoms. The predicted molar refractivity (Wildman–Crippen MR) is 65.0 cm³/mol. The van der Waals surface area contributed by atoms with Crippen molar-refractivity contribution in [2.75, 3.05) is 13.7 Å². The van der Waals surface area contributed by atoms with E-state index in [1.807, 2.05) is 6.92 Å². The largest absolute Gasteiger partial charge is 0.390 e. The molecule has 5 nitrogen and oxygen atoms in total. The maximum atomic E-state index is 10.0. The van der Waals surface area contributed by atoms with Crippen molar-refractivity contribution in [3.8, 4) is 0 Å². The Balaban J connectivity index is 2.83. The number of rotatable bonds is 7. The summed E-state index contributed by atoms with van der Waals surface area (Å²) in [7, 11) is 1.59. The molecule has 2 atom stereocenters. The van der Waals surface area contributed by atoms with Crippen LogP contribution in [0.1, 0.15) is 31.6 Å². The highest BCUT2D eigenvalue weighted by atomic mass is 35.5. The van der Waals surface area contributed by atoms with E-state index in [0.717, 1.165) is 6.42 Å². The normalized spacial score (nSPS) is 14.9. The van der Waals surface area contributed by atoms with Gasteiger partial charge in [-0.1, -0.05) is 24.9 Å². The fourth-order valence-corrected chi connectivity index (χ4v) is 1.91. The molecule has 0 fully saturated rings. The third kappa shape index (κ3) is 3.67. The van der Waals surface area contributed by atoms with E-state index < -0.39 is 12.2 Å². The molecule has 1 heterocycles. The van der Waals surface area contributed by atoms with Gasteiger partial charge in [0.1, 0.15) is 6.10 Å². The fourth-order valence-electron chi connectivity index (χ4n) is 1.66. The molecule has 0 aromatic carbocycles. The molecule has 0 aliphatic carbocycles. The van der Waals surface area contributed by atoms with Crippen molar-refractivity contribution >= 4 is 11.6 Å². The van der Waals surface area contributed by atoms with Gasteiger partial charge in [-0.3, -0.25) is 4.68 Å². The third-order valence-electron chi connectivity index (χ3n) is 2.57. The lowest BCUT2D eigenvalue weighted by molar-refractivity contribution is 0.00725. The number of hydrogen-bond acceptors (Lipinski definition) is 4. The van der Waals surface area contributed by atoms with E-state index in [9.17, 15) is 10.2 Å². The summed E-state index contributed by atoms with van der Waals surface area (Å²) in [6, 6.07) is 0. The number of aliphatic hydroxyl groups is 2. The smallest absolute Gasteiger partial charge is 0.123 e. The highest BCUT2D eigenvalue weighted by Gasteiger charge is 2.24. The van der Waals surface area contributed by atoms with Crippen LogP contribution in [0.2, 0.25) is 5.02 Å². The van der Waals surface area contributed by atoms with Gasteiger partial charge in [0.2, 0.25) is 0 Å². The molecule has 0 bridgehead atoms. The van der Waals surface area contributed by atoms with Crippen LogP contribution in [-0.4, -0.2) is 39.8 Å². The van der Waals surface area contributed by atoms with Crippen molar-refractivity contribution in [1.82, 2.24) is 9.78 Å². The highest BCUT2D eigenvalue weighted by molar-refractivity contribution is 6.31. The molecule has 1 rings (SSSR count). The van der Waals surface area contributed by atoms with Crippen molar-refractivity contribution in [2.45, 2.75) is 38.5 Å². The van der Waals surface area contributed by atoms with Crippen LogP contribution in [0.5, 0.6) is 0 Å². The zero-order chi connectivity index (χ0) is 12.8. The van der Waals surface area contributed by atoms with Gasteiger partial charge < -0.3 is 14.9 Å². The quantitative estimate of drug-likeness (QED) is 0.779. The summed E-state index contributed by atoms with van der Waals surface area (Å²) in [5.41, 5.74) is 0.449. The van der Waals surface area contributed by atoms with Gasteiger partial charge in [0.15, 0.2) is 0 Å². The molecule has 0 radical (unpaired) electrons. The van der Waals surface area contributed by atoms with Crippen LogP contribution in [0.4, 0.5) is 0 Å². The summed E-state index contributed by atoms with van der Waals surface area (Å²) in [6.45, 7) is 2.91. The molecule has 1 aromatic heterocycles. The number of ether oxygens (including phenoxy) is 1. The number of aliphatic hydroxyl groups excluding tert-OH is 2. The van der Waals surface area contributed by atoms with Crippen LogP contribution in [0.25, 0.3) is 0 Å². The number of methoxy groups -OCH3 is 1. The molecule has 0 amide bonds. The maximum absolute atomic E-state index is 10.0. The summed E-state index contributed by atoms with van der Waals surface area (Å²) in [5, 5.41) is 24.2. The number of halogens is 1. The van der Waals surface area contributed by atoms with Gasteiger partial charge in [-0.25, -0.2) is 0 Å². The Morgan fingerprint density at radius 1 is 1.53 bits per heavy atom. The predicted octanol–water partition coefficient (Wildman–Crippen LogP) is 1.38. The molecular formula is C11H19ClN2O3. The van der Waals surface area contributed by atoms with E-state index in [1.54, 1.807) is 11.8 Å². The topological polar surface area (TPSA) is 67.5 Å². The van der Waals surface area contributed by atoms with E-state index in [0.29, 0.717) is 30.3 Å². The molecule has 1 aromatic rings. The third-order valence-corrected chi connectivity index (χ3v) is 2.86. The summed E-state index contributed by atoms with van der Waals surface area (Å²) >= 11 is 5.97. The van der Waals surface area contributed by atoms with Crippen molar-refractivity contribution in [3.63, 3.8) is 0 Å². The Morgan fingerprint density at radius 3 is 2.82 bits per heavy atom. The molecule has 6 heteroatoms. The Morgan fingerprint density at radius 2 is 2.24 bits per heavy atom. The fraction of sp³-hybridized carbons (Fsp3) is 0.727. The molecule has 98 valence electrons. The summed E-state index contributed by atoms with van der Waals surface area (Å²) < 4.78 is 6.51. The Hall–Kier alpha value is -0.620. The van der Waals surface area contributed by atoms with Crippen LogP contribution >= 0.6 is 11.6 Å². The number of nitrogens with zero attached hydrogens (tertiary/aromatic N) is 2. The highest BCUT2D eigenvalue weighted by Crippen LogP contribution is 2.26. The van der Waals surface area contributed by atoms with E-state index in [-0.39, 0.29) is 0 Å². The van der Waals surface area contributed by atoms with E-state index >= 15 is 0 Å². The molecule has 0 aliphatic heterocycles. The zero-order valence-corrected chi connectivity index (χ0v) is 10.9. The minimum absolute atomic E-state index is 0.365. The first-order valence-corrected chi connectivity index (χ1v) is 6.05. The summed E-state index contributed by atoms with van der Waals surface area (Å²) in [5.74, 6) is 0. The number of hydrogen-bond donors (Lipinski definition) is 2. The lowest BCUT2D eigenvalue weighted by Gasteiger charge is -2.19. The van der Waals surface area contributed by atoms with Crippen LogP contribution < -0.4 is 0 Å². The second-order valence-electron chi connectivity index (χ2n) is 3.89. The average Bonchev–Trinajstić information content (AvgIpc) is 2.67. The zero-order valence-electron chi connectivity index (χ0n) is 10.1. The molecule has 2 unspecified atom stereocenters. The van der Waals surface area contributed by atoms with Gasteiger partial charge in [-0.2, -0.15) is 5.10 Å². The van der Waals surface area contributed by atoms with Crippen LogP contribution in [-0.2, 0) is 11.3 Å². The van der Waals surface area contributed by atoms with Crippen molar-refractivity contribution < 1.29 is 14.9 Å². The minimum Gasteiger partial charge on any atom is -0.390 e. The minimum atomic E-state index is -1.01. The van der Waals surface area contributed by atoms with Gasteiger partial charge in [-0.05, 0) is 6.42 Å². The molecule has 0 saturated heterocycles. The lowest BCUT2D eigenvalue weighted by atomic mass is 10.1. The number of aromatic nitrogens is 2. The standard InChI is InChI=1S/C11H19ClN2O3/c1-3-4-9(15)11(16)10-8(12)7-13-14(10)5-6-17-2/h7,9,11,15-16H,3-6H2,1-2H3. The van der Waals surface area contributed by atoms with Crippen LogP contribution in [0, 0.1) is 0 Å². The molecule has 0 aliphatic rings. The lowest BCUT2D eigenvalue weighted by Crippen LogP contribution is -2.22. The van der Waals surface area contributed by atoms with Crippen molar-refractivity contribution in [2.24, 2.45) is 0 Å². The second-order valence-corrected chi connectivity index (χ2v) is 4.30. The molecule has 0 saturated carbocycles. The van der Waals surface area contributed by atoms with Gasteiger partial charge in [0.05, 0.1) is 36.2 Å². The van der Waals surface area contributed by atoms with Crippen LogP contribution in [0.15, 0.2) is 6.20 Å². The summed E-state index contributed by atoms with van der Waals surface area (Å²) in [4.78, 5) is 0. The second kappa shape index (κ2) is 6.96. The van der Waals surface area contributed by atoms with Crippen molar-refractivity contribution in [1.29, 1.82) is 0 Å². The summed E-state index contributed by atoms with van der Waals surface area (Å²) in [6.07, 6.45) is 0.945. The van der Waals surface area contributed by atoms with Gasteiger partial charge >= 0.3 is 0 Å². The van der Waals surface area contributed by atoms with Crippen molar-refractivity contribution in [3.05, 3.63) is 16.9 Å². The Labute approximate surface area is 106 Å². The first kappa shape index (κ1) is 14.4. The van der Waals surface area contributed by atoms with E-state index in [1.165, 1.54) is 6.20 Å². The average molecular weight is 263 g/mol. The maximum Gasteiger partial charge on any atom is 0.123 e. The Kier molecular flexibility index (Phi) is 5.91. The van der Waals surface area contributed by atoms with Gasteiger partial charge in [0, 0.05) is 7.11 Å². The van der Waals surface area contributed by atoms with E-state index in [4.69, 9.17) is 16.3 Å². The first-order chi connectivity index (χ1) is 8.11. The molecular weight excluding hydrogens is 244 g/mol. The van der Waals surface area contributed by atoms with Crippen LogP contribution in [0.3, 0.4) is 0 Å². The van der Waals surface area contributed by atoms with Gasteiger partial charge in [0.25, 0.3) is 0 Å². The Bertz CT molecular complexity index is 343. The first-order valence-electron chi connectivity index (χ1n) is 5.68.